The van der Waals surface area contributed by atoms with E-state index in [-0.39, 0.29) is 5.41 Å². The normalized spacial score (nSPS) is 26.8. The van der Waals surface area contributed by atoms with Crippen LogP contribution in [0.5, 0.6) is 0 Å². The maximum Gasteiger partial charge on any atom is 0.129 e. The van der Waals surface area contributed by atoms with Gasteiger partial charge in [0.25, 0.3) is 0 Å². The van der Waals surface area contributed by atoms with Crippen molar-refractivity contribution in [1.82, 2.24) is 5.32 Å². The first-order valence-corrected chi connectivity index (χ1v) is 6.92. The van der Waals surface area contributed by atoms with Crippen molar-refractivity contribution in [1.29, 1.82) is 0 Å². The average Bonchev–Trinajstić information content (AvgIpc) is 3.11. The van der Waals surface area contributed by atoms with Gasteiger partial charge in [0.2, 0.25) is 0 Å². The third kappa shape index (κ3) is 3.12. The van der Waals surface area contributed by atoms with Crippen molar-refractivity contribution in [3.63, 3.8) is 0 Å². The summed E-state index contributed by atoms with van der Waals surface area (Å²) in [5, 5.41) is 3.51. The minimum atomic E-state index is -0.519. The summed E-state index contributed by atoms with van der Waals surface area (Å²) in [7, 11) is 0. The van der Waals surface area contributed by atoms with Gasteiger partial charge in [-0.25, -0.2) is 8.78 Å². The highest BCUT2D eigenvalue weighted by Gasteiger charge is 2.37. The Bertz CT molecular complexity index is 453. The van der Waals surface area contributed by atoms with E-state index in [0.29, 0.717) is 24.6 Å². The molecule has 1 N–H and O–H groups in total. The minimum Gasteiger partial charge on any atom is -0.381 e. The number of rotatable bonds is 5. The molecule has 1 aliphatic carbocycles. The summed E-state index contributed by atoms with van der Waals surface area (Å²) in [4.78, 5) is 0. The quantitative estimate of drug-likeness (QED) is 0.885. The second-order valence-electron chi connectivity index (χ2n) is 5.87. The molecule has 4 heteroatoms. The monoisotopic (exact) mass is 267 g/mol. The van der Waals surface area contributed by atoms with Crippen LogP contribution in [-0.2, 0) is 11.2 Å². The number of nitrogens with one attached hydrogen (secondary N) is 1. The fourth-order valence-electron chi connectivity index (χ4n) is 2.71. The Morgan fingerprint density at radius 1 is 1.32 bits per heavy atom. The summed E-state index contributed by atoms with van der Waals surface area (Å²) >= 11 is 0. The first-order valence-electron chi connectivity index (χ1n) is 6.92. The Morgan fingerprint density at radius 2 is 2.16 bits per heavy atom. The number of hydrogen-bond donors (Lipinski definition) is 1. The molecule has 2 fully saturated rings. The summed E-state index contributed by atoms with van der Waals surface area (Å²) in [6.45, 7) is 2.24. The van der Waals surface area contributed by atoms with Crippen LogP contribution in [0.2, 0.25) is 0 Å². The largest absolute Gasteiger partial charge is 0.381 e. The molecule has 1 aromatic rings. The lowest BCUT2D eigenvalue weighted by molar-refractivity contribution is 0.148. The molecule has 3 rings (SSSR count). The van der Waals surface area contributed by atoms with E-state index < -0.39 is 11.6 Å². The van der Waals surface area contributed by atoms with Crippen LogP contribution in [0, 0.1) is 17.0 Å². The molecule has 1 saturated heterocycles. The Balaban J connectivity index is 1.72. The SMILES string of the molecule is Fc1ccc(CC2(CNC3CC3)CCOC2)c(F)c1. The van der Waals surface area contributed by atoms with Gasteiger partial charge in [0.05, 0.1) is 6.61 Å². The maximum atomic E-state index is 13.8. The average molecular weight is 267 g/mol. The molecule has 2 aliphatic rings. The van der Waals surface area contributed by atoms with Crippen molar-refractivity contribution in [3.8, 4) is 0 Å². The van der Waals surface area contributed by atoms with Crippen LogP contribution < -0.4 is 5.32 Å². The molecule has 1 aliphatic heterocycles. The predicted octanol–water partition coefficient (Wildman–Crippen LogP) is 2.67. The van der Waals surface area contributed by atoms with Crippen molar-refractivity contribution in [3.05, 3.63) is 35.4 Å². The van der Waals surface area contributed by atoms with Crippen LogP contribution in [-0.4, -0.2) is 25.8 Å². The number of benzene rings is 1. The molecule has 19 heavy (non-hydrogen) atoms. The van der Waals surface area contributed by atoms with Crippen molar-refractivity contribution in [2.24, 2.45) is 5.41 Å². The molecule has 2 nitrogen and oxygen atoms in total. The highest BCUT2D eigenvalue weighted by Crippen LogP contribution is 2.34. The molecule has 0 bridgehead atoms. The molecular formula is C15H19F2NO. The zero-order chi connectivity index (χ0) is 13.3. The van der Waals surface area contributed by atoms with Crippen LogP contribution in [0.15, 0.2) is 18.2 Å². The lowest BCUT2D eigenvalue weighted by atomic mass is 9.80. The van der Waals surface area contributed by atoms with Gasteiger partial charge in [-0.05, 0) is 37.3 Å². The molecule has 1 aromatic carbocycles. The van der Waals surface area contributed by atoms with Crippen LogP contribution >= 0.6 is 0 Å². The molecule has 0 aromatic heterocycles. The van der Waals surface area contributed by atoms with Gasteiger partial charge in [-0.3, -0.25) is 0 Å². The minimum absolute atomic E-state index is 0.0404. The highest BCUT2D eigenvalue weighted by molar-refractivity contribution is 5.20. The van der Waals surface area contributed by atoms with E-state index in [4.69, 9.17) is 4.74 Å². The van der Waals surface area contributed by atoms with Gasteiger partial charge in [-0.15, -0.1) is 0 Å². The smallest absolute Gasteiger partial charge is 0.129 e. The van der Waals surface area contributed by atoms with Gasteiger partial charge >= 0.3 is 0 Å². The molecule has 1 atom stereocenters. The number of hydrogen-bond acceptors (Lipinski definition) is 2. The predicted molar refractivity (Wildman–Crippen MR) is 69.0 cm³/mol. The van der Waals surface area contributed by atoms with Crippen LogP contribution in [0.25, 0.3) is 0 Å². The molecule has 0 radical (unpaired) electrons. The first-order chi connectivity index (χ1) is 9.17. The van der Waals surface area contributed by atoms with Crippen molar-refractivity contribution in [2.75, 3.05) is 19.8 Å². The van der Waals surface area contributed by atoms with Gasteiger partial charge in [-0.1, -0.05) is 6.07 Å². The van der Waals surface area contributed by atoms with Gasteiger partial charge in [0.15, 0.2) is 0 Å². The van der Waals surface area contributed by atoms with Crippen LogP contribution in [0.4, 0.5) is 8.78 Å². The second kappa shape index (κ2) is 5.17. The van der Waals surface area contributed by atoms with Crippen molar-refractivity contribution >= 4 is 0 Å². The Kier molecular flexibility index (Phi) is 3.54. The Labute approximate surface area is 112 Å². The topological polar surface area (TPSA) is 21.3 Å². The molecular weight excluding hydrogens is 248 g/mol. The lowest BCUT2D eigenvalue weighted by Crippen LogP contribution is -2.38. The van der Waals surface area contributed by atoms with E-state index in [1.54, 1.807) is 6.07 Å². The van der Waals surface area contributed by atoms with Gasteiger partial charge < -0.3 is 10.1 Å². The van der Waals surface area contributed by atoms with Crippen LogP contribution in [0.1, 0.15) is 24.8 Å². The van der Waals surface area contributed by atoms with Gasteiger partial charge in [0, 0.05) is 30.7 Å². The Morgan fingerprint density at radius 3 is 2.79 bits per heavy atom. The van der Waals surface area contributed by atoms with E-state index in [2.05, 4.69) is 5.32 Å². The molecule has 1 saturated carbocycles. The van der Waals surface area contributed by atoms with Crippen molar-refractivity contribution < 1.29 is 13.5 Å². The third-order valence-corrected chi connectivity index (χ3v) is 4.11. The van der Waals surface area contributed by atoms with E-state index in [0.717, 1.165) is 25.6 Å². The van der Waals surface area contributed by atoms with Crippen molar-refractivity contribution in [2.45, 2.75) is 31.7 Å². The third-order valence-electron chi connectivity index (χ3n) is 4.11. The van der Waals surface area contributed by atoms with E-state index in [1.807, 2.05) is 0 Å². The summed E-state index contributed by atoms with van der Waals surface area (Å²) in [5.74, 6) is -0.966. The molecule has 1 heterocycles. The zero-order valence-corrected chi connectivity index (χ0v) is 10.9. The molecule has 0 spiro atoms. The fourth-order valence-corrected chi connectivity index (χ4v) is 2.71. The van der Waals surface area contributed by atoms with Crippen LogP contribution in [0.3, 0.4) is 0 Å². The van der Waals surface area contributed by atoms with E-state index in [1.165, 1.54) is 18.9 Å². The van der Waals surface area contributed by atoms with E-state index >= 15 is 0 Å². The summed E-state index contributed by atoms with van der Waals surface area (Å²) < 4.78 is 32.2. The number of ether oxygens (including phenoxy) is 1. The Hall–Kier alpha value is -1.00. The lowest BCUT2D eigenvalue weighted by Gasteiger charge is -2.28. The molecule has 0 amide bonds. The summed E-state index contributed by atoms with van der Waals surface area (Å²) in [6.07, 6.45) is 4.02. The highest BCUT2D eigenvalue weighted by atomic mass is 19.1. The fraction of sp³-hybridized carbons (Fsp3) is 0.600. The maximum absolute atomic E-state index is 13.8. The van der Waals surface area contributed by atoms with Gasteiger partial charge in [0.1, 0.15) is 11.6 Å². The van der Waals surface area contributed by atoms with E-state index in [9.17, 15) is 8.78 Å². The molecule has 1 unspecified atom stereocenters. The zero-order valence-electron chi connectivity index (χ0n) is 10.9. The summed E-state index contributed by atoms with van der Waals surface area (Å²) in [5.41, 5.74) is 0.547. The summed E-state index contributed by atoms with van der Waals surface area (Å²) in [6, 6.07) is 4.49. The molecule has 104 valence electrons. The van der Waals surface area contributed by atoms with Gasteiger partial charge in [-0.2, -0.15) is 0 Å². The standard InChI is InChI=1S/C15H19F2NO/c16-12-2-1-11(14(17)7-12)8-15(5-6-19-10-15)9-18-13-3-4-13/h1-2,7,13,18H,3-6,8-10H2. The second-order valence-corrected chi connectivity index (χ2v) is 5.87. The first kappa shape index (κ1) is 13.0. The number of halogens is 2.